The predicted octanol–water partition coefficient (Wildman–Crippen LogP) is 3.14. The monoisotopic (exact) mass is 500 g/mol. The van der Waals surface area contributed by atoms with Crippen molar-refractivity contribution in [3.63, 3.8) is 0 Å². The molecule has 0 saturated carbocycles. The minimum Gasteiger partial charge on any atom is -0.321 e. The fourth-order valence-corrected chi connectivity index (χ4v) is 5.43. The Hall–Kier alpha value is -3.49. The summed E-state index contributed by atoms with van der Waals surface area (Å²) in [5.41, 5.74) is 3.00. The first-order valence-electron chi connectivity index (χ1n) is 13.2. The molecule has 0 spiro atoms. The molecule has 2 aromatic heterocycles. The fraction of sp³-hybridized carbons (Fsp3) is 0.414. The van der Waals surface area contributed by atoms with Crippen LogP contribution in [0.2, 0.25) is 0 Å². The van der Waals surface area contributed by atoms with Gasteiger partial charge in [0.1, 0.15) is 5.82 Å². The van der Waals surface area contributed by atoms with Gasteiger partial charge in [-0.1, -0.05) is 74.0 Å². The van der Waals surface area contributed by atoms with Gasteiger partial charge in [-0.05, 0) is 17.5 Å². The van der Waals surface area contributed by atoms with Gasteiger partial charge in [0.2, 0.25) is 0 Å². The van der Waals surface area contributed by atoms with Gasteiger partial charge in [-0.3, -0.25) is 23.7 Å². The van der Waals surface area contributed by atoms with Crippen LogP contribution in [0.25, 0.3) is 11.2 Å². The molecule has 5 rings (SSSR count). The second-order valence-corrected chi connectivity index (χ2v) is 9.95. The van der Waals surface area contributed by atoms with Crippen molar-refractivity contribution in [2.45, 2.75) is 38.9 Å². The van der Waals surface area contributed by atoms with E-state index in [-0.39, 0.29) is 17.3 Å². The summed E-state index contributed by atoms with van der Waals surface area (Å²) in [5.74, 6) is 0.859. The summed E-state index contributed by atoms with van der Waals surface area (Å²) in [4.78, 5) is 35.4. The van der Waals surface area contributed by atoms with Crippen LogP contribution in [-0.4, -0.2) is 54.7 Å². The maximum Gasteiger partial charge on any atom is 0.332 e. The SMILES string of the molecule is CCCCn1c(CN2CCN(C(c3ccccc3)c3ccccc3)CC2)nc2c1c(=O)n(C)c(=O)n2C. The van der Waals surface area contributed by atoms with E-state index in [0.717, 1.165) is 51.4 Å². The zero-order valence-corrected chi connectivity index (χ0v) is 22.0. The Kier molecular flexibility index (Phi) is 7.39. The van der Waals surface area contributed by atoms with Crippen molar-refractivity contribution in [1.29, 1.82) is 0 Å². The van der Waals surface area contributed by atoms with Crippen molar-refractivity contribution < 1.29 is 0 Å². The maximum atomic E-state index is 13.0. The highest BCUT2D eigenvalue weighted by Gasteiger charge is 2.28. The van der Waals surface area contributed by atoms with Gasteiger partial charge in [0.05, 0.1) is 12.6 Å². The van der Waals surface area contributed by atoms with Crippen LogP contribution in [0.4, 0.5) is 0 Å². The summed E-state index contributed by atoms with van der Waals surface area (Å²) in [6.45, 7) is 7.20. The highest BCUT2D eigenvalue weighted by Crippen LogP contribution is 2.29. The Morgan fingerprint density at radius 2 is 1.43 bits per heavy atom. The molecular weight excluding hydrogens is 464 g/mol. The molecule has 194 valence electrons. The minimum absolute atomic E-state index is 0.219. The van der Waals surface area contributed by atoms with Crippen LogP contribution in [-0.2, 0) is 27.2 Å². The zero-order valence-electron chi connectivity index (χ0n) is 22.0. The van der Waals surface area contributed by atoms with E-state index >= 15 is 0 Å². The number of unbranched alkanes of at least 4 members (excludes halogenated alkanes) is 1. The van der Waals surface area contributed by atoms with Crippen LogP contribution in [0.15, 0.2) is 70.3 Å². The lowest BCUT2D eigenvalue weighted by molar-refractivity contribution is 0.102. The van der Waals surface area contributed by atoms with Gasteiger partial charge in [-0.15, -0.1) is 0 Å². The minimum atomic E-state index is -0.342. The van der Waals surface area contributed by atoms with E-state index in [1.165, 1.54) is 27.3 Å². The number of piperazine rings is 1. The molecule has 0 N–H and O–H groups in total. The van der Waals surface area contributed by atoms with E-state index in [0.29, 0.717) is 17.7 Å². The Morgan fingerprint density at radius 1 is 0.838 bits per heavy atom. The van der Waals surface area contributed by atoms with Crippen molar-refractivity contribution >= 4 is 11.2 Å². The molecule has 0 amide bonds. The van der Waals surface area contributed by atoms with Crippen LogP contribution >= 0.6 is 0 Å². The molecule has 37 heavy (non-hydrogen) atoms. The standard InChI is InChI=1S/C29H36N6O2/c1-4-5-16-35-24(30-27-26(35)28(36)32(3)29(37)31(27)2)21-33-17-19-34(20-18-33)25(22-12-8-6-9-13-22)23-14-10-7-11-15-23/h6-15,25H,4-5,16-21H2,1-3H3. The Bertz CT molecular complexity index is 1420. The maximum absolute atomic E-state index is 13.0. The molecule has 0 aliphatic carbocycles. The molecule has 1 aliphatic rings. The molecule has 3 heterocycles. The third-order valence-electron chi connectivity index (χ3n) is 7.53. The lowest BCUT2D eigenvalue weighted by Crippen LogP contribution is -2.47. The summed E-state index contributed by atoms with van der Waals surface area (Å²) in [6, 6.07) is 21.6. The van der Waals surface area contributed by atoms with Gasteiger partial charge < -0.3 is 4.57 Å². The summed E-state index contributed by atoms with van der Waals surface area (Å²) in [5, 5.41) is 0. The van der Waals surface area contributed by atoms with E-state index in [1.54, 1.807) is 7.05 Å². The van der Waals surface area contributed by atoms with Gasteiger partial charge in [0.25, 0.3) is 5.56 Å². The third kappa shape index (κ3) is 4.91. The van der Waals surface area contributed by atoms with Crippen LogP contribution in [0, 0.1) is 0 Å². The van der Waals surface area contributed by atoms with Crippen molar-refractivity contribution in [2.75, 3.05) is 26.2 Å². The number of rotatable bonds is 8. The zero-order chi connectivity index (χ0) is 25.9. The average Bonchev–Trinajstić information content (AvgIpc) is 3.29. The summed E-state index contributed by atoms with van der Waals surface area (Å²) in [6.07, 6.45) is 1.97. The molecule has 1 aliphatic heterocycles. The Labute approximate surface area is 217 Å². The first-order chi connectivity index (χ1) is 18.0. The normalized spacial score (nSPS) is 15.1. The summed E-state index contributed by atoms with van der Waals surface area (Å²) in [7, 11) is 3.23. The fourth-order valence-electron chi connectivity index (χ4n) is 5.43. The topological polar surface area (TPSA) is 68.3 Å². The molecule has 8 heteroatoms. The van der Waals surface area contributed by atoms with E-state index < -0.39 is 0 Å². The number of imidazole rings is 1. The number of benzene rings is 2. The second kappa shape index (κ2) is 10.9. The van der Waals surface area contributed by atoms with Crippen molar-refractivity contribution in [3.05, 3.63) is 98.5 Å². The molecule has 0 atom stereocenters. The number of aryl methyl sites for hydroxylation is 2. The molecule has 8 nitrogen and oxygen atoms in total. The Balaban J connectivity index is 1.39. The van der Waals surface area contributed by atoms with Crippen LogP contribution in [0.1, 0.15) is 42.8 Å². The second-order valence-electron chi connectivity index (χ2n) is 9.95. The van der Waals surface area contributed by atoms with Crippen LogP contribution < -0.4 is 11.2 Å². The van der Waals surface area contributed by atoms with Crippen LogP contribution in [0.5, 0.6) is 0 Å². The largest absolute Gasteiger partial charge is 0.332 e. The van der Waals surface area contributed by atoms with Gasteiger partial charge in [-0.25, -0.2) is 9.78 Å². The molecule has 0 bridgehead atoms. The number of hydrogen-bond donors (Lipinski definition) is 0. The van der Waals surface area contributed by atoms with E-state index in [1.807, 2.05) is 4.57 Å². The van der Waals surface area contributed by atoms with Crippen molar-refractivity contribution in [1.82, 2.24) is 28.5 Å². The van der Waals surface area contributed by atoms with E-state index in [2.05, 4.69) is 77.4 Å². The number of nitrogens with zero attached hydrogens (tertiary/aromatic N) is 6. The predicted molar refractivity (Wildman–Crippen MR) is 147 cm³/mol. The first-order valence-corrected chi connectivity index (χ1v) is 13.2. The molecule has 4 aromatic rings. The van der Waals surface area contributed by atoms with Crippen molar-refractivity contribution in [3.8, 4) is 0 Å². The van der Waals surface area contributed by atoms with Crippen molar-refractivity contribution in [2.24, 2.45) is 14.1 Å². The number of fused-ring (bicyclic) bond motifs is 1. The quantitative estimate of drug-likeness (QED) is 0.372. The highest BCUT2D eigenvalue weighted by molar-refractivity contribution is 5.71. The average molecular weight is 501 g/mol. The number of hydrogen-bond acceptors (Lipinski definition) is 5. The van der Waals surface area contributed by atoms with Gasteiger partial charge >= 0.3 is 5.69 Å². The lowest BCUT2D eigenvalue weighted by Gasteiger charge is -2.39. The van der Waals surface area contributed by atoms with Gasteiger partial charge in [0, 0.05) is 46.8 Å². The van der Waals surface area contributed by atoms with E-state index in [4.69, 9.17) is 4.98 Å². The first kappa shape index (κ1) is 25.2. The number of aromatic nitrogens is 4. The molecule has 1 saturated heterocycles. The summed E-state index contributed by atoms with van der Waals surface area (Å²) >= 11 is 0. The molecule has 0 radical (unpaired) electrons. The smallest absolute Gasteiger partial charge is 0.321 e. The van der Waals surface area contributed by atoms with Crippen LogP contribution in [0.3, 0.4) is 0 Å². The third-order valence-corrected chi connectivity index (χ3v) is 7.53. The lowest BCUT2D eigenvalue weighted by atomic mass is 9.96. The summed E-state index contributed by atoms with van der Waals surface area (Å²) < 4.78 is 4.72. The molecule has 2 aromatic carbocycles. The molecular formula is C29H36N6O2. The molecule has 1 fully saturated rings. The Morgan fingerprint density at radius 3 is 2.00 bits per heavy atom. The van der Waals surface area contributed by atoms with E-state index in [9.17, 15) is 9.59 Å². The molecule has 0 unspecified atom stereocenters. The highest BCUT2D eigenvalue weighted by atomic mass is 16.2. The van der Waals surface area contributed by atoms with Gasteiger partial charge in [-0.2, -0.15) is 0 Å². The van der Waals surface area contributed by atoms with Gasteiger partial charge in [0.15, 0.2) is 11.2 Å².